The monoisotopic (exact) mass is 353 g/mol. The van der Waals surface area contributed by atoms with Crippen molar-refractivity contribution in [2.75, 3.05) is 26.2 Å². The highest BCUT2D eigenvalue weighted by molar-refractivity contribution is 5.65. The zero-order valence-electron chi connectivity index (χ0n) is 16.8. The van der Waals surface area contributed by atoms with Gasteiger partial charge in [0.25, 0.3) is 0 Å². The van der Waals surface area contributed by atoms with E-state index in [0.717, 1.165) is 18.8 Å². The lowest BCUT2D eigenvalue weighted by atomic mass is 10.0. The molecule has 0 aliphatic carbocycles. The third kappa shape index (κ3) is 6.84. The van der Waals surface area contributed by atoms with Crippen molar-refractivity contribution < 1.29 is 4.74 Å². The zero-order chi connectivity index (χ0) is 18.6. The van der Waals surface area contributed by atoms with Gasteiger partial charge >= 0.3 is 0 Å². The smallest absolute Gasteiger partial charge is 0.122 e. The third-order valence-corrected chi connectivity index (χ3v) is 5.05. The van der Waals surface area contributed by atoms with E-state index in [1.165, 1.54) is 62.0 Å². The molecule has 0 radical (unpaired) electrons. The number of unbranched alkanes of at least 4 members (excludes halogenated alkanes) is 4. The number of nitrogens with zero attached hydrogens (tertiary/aromatic N) is 1. The quantitative estimate of drug-likeness (QED) is 0.413. The van der Waals surface area contributed by atoms with Crippen LogP contribution in [-0.2, 0) is 0 Å². The van der Waals surface area contributed by atoms with Crippen LogP contribution in [0.25, 0.3) is 11.1 Å². The Morgan fingerprint density at radius 3 is 2.15 bits per heavy atom. The molecule has 2 aromatic carbocycles. The second-order valence-electron chi connectivity index (χ2n) is 6.99. The van der Waals surface area contributed by atoms with Gasteiger partial charge in [0.1, 0.15) is 5.75 Å². The first-order valence-corrected chi connectivity index (χ1v) is 10.3. The Morgan fingerprint density at radius 2 is 1.46 bits per heavy atom. The standard InChI is InChI=1S/C24H35NO/c1-4-25(5-2)18-12-7-6-8-13-19-26-24-17-16-23(20-21(24)3)22-14-10-9-11-15-22/h9-11,14-17,20H,4-8,12-13,18-19H2,1-3H3. The van der Waals surface area contributed by atoms with E-state index in [2.05, 4.69) is 74.2 Å². The maximum absolute atomic E-state index is 6.00. The molecule has 0 saturated carbocycles. The normalized spacial score (nSPS) is 11.1. The van der Waals surface area contributed by atoms with Gasteiger partial charge in [-0.25, -0.2) is 0 Å². The fourth-order valence-corrected chi connectivity index (χ4v) is 3.31. The minimum absolute atomic E-state index is 0.821. The number of rotatable bonds is 12. The molecule has 0 aliphatic heterocycles. The van der Waals surface area contributed by atoms with Crippen LogP contribution in [-0.4, -0.2) is 31.1 Å². The molecule has 2 rings (SSSR count). The van der Waals surface area contributed by atoms with Crippen LogP contribution in [0.3, 0.4) is 0 Å². The zero-order valence-corrected chi connectivity index (χ0v) is 16.8. The van der Waals surface area contributed by atoms with E-state index in [0.29, 0.717) is 0 Å². The lowest BCUT2D eigenvalue weighted by molar-refractivity contribution is 0.288. The lowest BCUT2D eigenvalue weighted by Crippen LogP contribution is -2.23. The van der Waals surface area contributed by atoms with Crippen molar-refractivity contribution in [1.82, 2.24) is 4.90 Å². The van der Waals surface area contributed by atoms with Gasteiger partial charge < -0.3 is 9.64 Å². The molecule has 2 nitrogen and oxygen atoms in total. The summed E-state index contributed by atoms with van der Waals surface area (Å²) in [6.07, 6.45) is 6.38. The third-order valence-electron chi connectivity index (χ3n) is 5.05. The Morgan fingerprint density at radius 1 is 0.769 bits per heavy atom. The number of ether oxygens (including phenoxy) is 1. The van der Waals surface area contributed by atoms with Gasteiger partial charge in [-0.15, -0.1) is 0 Å². The Hall–Kier alpha value is -1.80. The van der Waals surface area contributed by atoms with Crippen molar-refractivity contribution in [1.29, 1.82) is 0 Å². The van der Waals surface area contributed by atoms with Crippen molar-refractivity contribution in [3.8, 4) is 16.9 Å². The average Bonchev–Trinajstić information content (AvgIpc) is 2.68. The Bertz CT molecular complexity index is 619. The molecule has 0 fully saturated rings. The van der Waals surface area contributed by atoms with Crippen LogP contribution < -0.4 is 4.74 Å². The Kier molecular flexibility index (Phi) is 9.27. The summed E-state index contributed by atoms with van der Waals surface area (Å²) in [7, 11) is 0. The molecule has 0 heterocycles. The molecular weight excluding hydrogens is 318 g/mol. The number of hydrogen-bond donors (Lipinski definition) is 0. The van der Waals surface area contributed by atoms with Crippen molar-refractivity contribution in [2.24, 2.45) is 0 Å². The van der Waals surface area contributed by atoms with Crippen molar-refractivity contribution in [3.05, 3.63) is 54.1 Å². The predicted molar refractivity (Wildman–Crippen MR) is 113 cm³/mol. The van der Waals surface area contributed by atoms with E-state index < -0.39 is 0 Å². The minimum Gasteiger partial charge on any atom is -0.493 e. The maximum atomic E-state index is 6.00. The van der Waals surface area contributed by atoms with Gasteiger partial charge in [0.2, 0.25) is 0 Å². The summed E-state index contributed by atoms with van der Waals surface area (Å²) in [5, 5.41) is 0. The summed E-state index contributed by atoms with van der Waals surface area (Å²) in [6, 6.07) is 17.0. The predicted octanol–water partition coefficient (Wildman–Crippen LogP) is 6.33. The fourth-order valence-electron chi connectivity index (χ4n) is 3.31. The van der Waals surface area contributed by atoms with E-state index in [4.69, 9.17) is 4.74 Å². The van der Waals surface area contributed by atoms with E-state index in [-0.39, 0.29) is 0 Å². The highest BCUT2D eigenvalue weighted by Gasteiger charge is 2.03. The van der Waals surface area contributed by atoms with Crippen molar-refractivity contribution >= 4 is 0 Å². The summed E-state index contributed by atoms with van der Waals surface area (Å²) >= 11 is 0. The molecule has 0 bridgehead atoms. The molecule has 0 atom stereocenters. The Labute approximate surface area is 160 Å². The van der Waals surface area contributed by atoms with Crippen LogP contribution >= 0.6 is 0 Å². The van der Waals surface area contributed by atoms with Gasteiger partial charge in [-0.05, 0) is 68.2 Å². The first-order valence-electron chi connectivity index (χ1n) is 10.3. The molecule has 26 heavy (non-hydrogen) atoms. The minimum atomic E-state index is 0.821. The second kappa shape index (κ2) is 11.7. The summed E-state index contributed by atoms with van der Waals surface area (Å²) in [4.78, 5) is 2.50. The van der Waals surface area contributed by atoms with Crippen LogP contribution in [0.15, 0.2) is 48.5 Å². The fraction of sp³-hybridized carbons (Fsp3) is 0.500. The van der Waals surface area contributed by atoms with E-state index in [1.807, 2.05) is 0 Å². The molecule has 0 aliphatic rings. The summed E-state index contributed by atoms with van der Waals surface area (Å²) in [6.45, 7) is 11.0. The SMILES string of the molecule is CCN(CC)CCCCCCCOc1ccc(-c2ccccc2)cc1C. The molecule has 2 aromatic rings. The molecule has 0 amide bonds. The van der Waals surface area contributed by atoms with E-state index >= 15 is 0 Å². The molecule has 0 unspecified atom stereocenters. The highest BCUT2D eigenvalue weighted by atomic mass is 16.5. The summed E-state index contributed by atoms with van der Waals surface area (Å²) in [5.41, 5.74) is 3.72. The number of aryl methyl sites for hydroxylation is 1. The largest absolute Gasteiger partial charge is 0.493 e. The van der Waals surface area contributed by atoms with Crippen LogP contribution in [0.4, 0.5) is 0 Å². The molecular formula is C24H35NO. The molecule has 142 valence electrons. The van der Waals surface area contributed by atoms with Crippen LogP contribution in [0.1, 0.15) is 51.5 Å². The highest BCUT2D eigenvalue weighted by Crippen LogP contribution is 2.26. The molecule has 0 aromatic heterocycles. The van der Waals surface area contributed by atoms with Gasteiger partial charge in [-0.1, -0.05) is 69.5 Å². The Balaban J connectivity index is 1.64. The van der Waals surface area contributed by atoms with Crippen molar-refractivity contribution in [3.63, 3.8) is 0 Å². The van der Waals surface area contributed by atoms with Gasteiger partial charge in [0.05, 0.1) is 6.61 Å². The van der Waals surface area contributed by atoms with Crippen LogP contribution in [0.2, 0.25) is 0 Å². The average molecular weight is 354 g/mol. The van der Waals surface area contributed by atoms with E-state index in [1.54, 1.807) is 0 Å². The van der Waals surface area contributed by atoms with Crippen LogP contribution in [0, 0.1) is 6.92 Å². The topological polar surface area (TPSA) is 12.5 Å². The molecule has 0 N–H and O–H groups in total. The molecule has 2 heteroatoms. The first-order chi connectivity index (χ1) is 12.7. The van der Waals surface area contributed by atoms with Gasteiger partial charge in [-0.2, -0.15) is 0 Å². The maximum Gasteiger partial charge on any atom is 0.122 e. The molecule has 0 spiro atoms. The van der Waals surface area contributed by atoms with Gasteiger partial charge in [0, 0.05) is 0 Å². The first kappa shape index (κ1) is 20.5. The van der Waals surface area contributed by atoms with Crippen LogP contribution in [0.5, 0.6) is 5.75 Å². The van der Waals surface area contributed by atoms with Crippen molar-refractivity contribution in [2.45, 2.75) is 52.9 Å². The molecule has 0 saturated heterocycles. The summed E-state index contributed by atoms with van der Waals surface area (Å²) in [5.74, 6) is 1.02. The van der Waals surface area contributed by atoms with E-state index in [9.17, 15) is 0 Å². The summed E-state index contributed by atoms with van der Waals surface area (Å²) < 4.78 is 6.00. The lowest BCUT2D eigenvalue weighted by Gasteiger charge is -2.17. The van der Waals surface area contributed by atoms with Gasteiger partial charge in [0.15, 0.2) is 0 Å². The van der Waals surface area contributed by atoms with Gasteiger partial charge in [-0.3, -0.25) is 0 Å². The number of hydrogen-bond acceptors (Lipinski definition) is 2. The number of benzene rings is 2. The second-order valence-corrected chi connectivity index (χ2v) is 6.99.